The Morgan fingerprint density at radius 2 is 1.79 bits per heavy atom. The van der Waals surface area contributed by atoms with E-state index >= 15 is 0 Å². The van der Waals surface area contributed by atoms with Crippen molar-refractivity contribution in [3.05, 3.63) is 17.7 Å². The molecular weight excluding hydrogens is 332 g/mol. The summed E-state index contributed by atoms with van der Waals surface area (Å²) in [4.78, 5) is 14.6. The van der Waals surface area contributed by atoms with Crippen LogP contribution in [-0.2, 0) is 11.2 Å². The van der Waals surface area contributed by atoms with E-state index in [1.165, 1.54) is 0 Å². The molecule has 0 aliphatic carbocycles. The van der Waals surface area contributed by atoms with Crippen LogP contribution in [0, 0.1) is 0 Å². The van der Waals surface area contributed by atoms with Crippen LogP contribution in [0.1, 0.15) is 24.8 Å². The van der Waals surface area contributed by atoms with Crippen molar-refractivity contribution < 1.29 is 19.0 Å². The van der Waals surface area contributed by atoms with Crippen molar-refractivity contribution in [2.45, 2.75) is 31.7 Å². The second-order valence-corrected chi connectivity index (χ2v) is 5.68. The van der Waals surface area contributed by atoms with E-state index in [1.807, 2.05) is 17.0 Å². The fraction of sp³-hybridized carbons (Fsp3) is 0.588. The maximum absolute atomic E-state index is 12.6. The summed E-state index contributed by atoms with van der Waals surface area (Å²) in [5.41, 5.74) is 6.64. The highest BCUT2D eigenvalue weighted by atomic mass is 35.5. The maximum atomic E-state index is 12.6. The van der Waals surface area contributed by atoms with E-state index in [0.717, 1.165) is 31.4 Å². The lowest BCUT2D eigenvalue weighted by Gasteiger charge is -2.35. The second kappa shape index (κ2) is 9.59. The van der Waals surface area contributed by atoms with Crippen molar-refractivity contribution in [1.82, 2.24) is 4.90 Å². The number of carbonyl (C=O) groups is 1. The third-order valence-corrected chi connectivity index (χ3v) is 4.30. The third-order valence-electron chi connectivity index (χ3n) is 4.30. The van der Waals surface area contributed by atoms with Crippen LogP contribution in [0.25, 0.3) is 0 Å². The zero-order valence-corrected chi connectivity index (χ0v) is 15.4. The van der Waals surface area contributed by atoms with Crippen LogP contribution in [-0.4, -0.2) is 51.3 Å². The summed E-state index contributed by atoms with van der Waals surface area (Å²) in [5, 5.41) is 0. The van der Waals surface area contributed by atoms with Crippen LogP contribution in [0.5, 0.6) is 17.2 Å². The van der Waals surface area contributed by atoms with Gasteiger partial charge in [0.25, 0.3) is 0 Å². The van der Waals surface area contributed by atoms with Crippen LogP contribution in [0.2, 0.25) is 0 Å². The normalized spacial score (nSPS) is 17.0. The quantitative estimate of drug-likeness (QED) is 0.842. The average molecular weight is 359 g/mol. The van der Waals surface area contributed by atoms with Gasteiger partial charge in [-0.25, -0.2) is 0 Å². The molecule has 1 unspecified atom stereocenters. The predicted molar refractivity (Wildman–Crippen MR) is 95.5 cm³/mol. The monoisotopic (exact) mass is 358 g/mol. The van der Waals surface area contributed by atoms with Crippen molar-refractivity contribution in [2.75, 3.05) is 34.4 Å². The number of halogens is 1. The Hall–Kier alpha value is -1.66. The average Bonchev–Trinajstić information content (AvgIpc) is 2.60. The number of benzene rings is 1. The van der Waals surface area contributed by atoms with E-state index < -0.39 is 0 Å². The maximum Gasteiger partial charge on any atom is 0.227 e. The highest BCUT2D eigenvalue weighted by Crippen LogP contribution is 2.38. The summed E-state index contributed by atoms with van der Waals surface area (Å²) < 4.78 is 16.0. The van der Waals surface area contributed by atoms with Crippen molar-refractivity contribution in [1.29, 1.82) is 0 Å². The molecule has 1 aliphatic rings. The molecule has 1 amide bonds. The fourth-order valence-electron chi connectivity index (χ4n) is 3.09. The number of methoxy groups -OCH3 is 3. The summed E-state index contributed by atoms with van der Waals surface area (Å²) in [6.07, 6.45) is 3.46. The zero-order valence-electron chi connectivity index (χ0n) is 14.5. The Kier molecular flexibility index (Phi) is 8.15. The van der Waals surface area contributed by atoms with Gasteiger partial charge in [-0.2, -0.15) is 0 Å². The van der Waals surface area contributed by atoms with Gasteiger partial charge in [-0.3, -0.25) is 4.79 Å². The van der Waals surface area contributed by atoms with E-state index in [4.69, 9.17) is 19.9 Å². The molecule has 0 aromatic heterocycles. The minimum absolute atomic E-state index is 0. The molecule has 1 aliphatic heterocycles. The molecule has 1 aromatic carbocycles. The molecule has 1 atom stereocenters. The van der Waals surface area contributed by atoms with Gasteiger partial charge in [-0.15, -0.1) is 12.4 Å². The van der Waals surface area contributed by atoms with E-state index in [0.29, 0.717) is 30.2 Å². The molecule has 6 nitrogen and oxygen atoms in total. The van der Waals surface area contributed by atoms with E-state index in [-0.39, 0.29) is 24.4 Å². The third kappa shape index (κ3) is 4.45. The largest absolute Gasteiger partial charge is 0.493 e. The van der Waals surface area contributed by atoms with E-state index in [2.05, 4.69) is 0 Å². The number of rotatable bonds is 6. The first-order chi connectivity index (χ1) is 11.1. The minimum Gasteiger partial charge on any atom is -0.493 e. The summed E-state index contributed by atoms with van der Waals surface area (Å²) in [5.74, 6) is 1.74. The number of amides is 1. The minimum atomic E-state index is 0. The standard InChI is InChI=1S/C17H26N2O4.ClH/c1-21-14-8-12(9-15(22-2)17(14)23-3)10-16(20)19-7-5-4-6-13(19)11-18;/h8-9,13H,4-7,10-11,18H2,1-3H3;1H. The molecule has 1 heterocycles. The molecule has 1 aromatic rings. The smallest absolute Gasteiger partial charge is 0.227 e. The molecule has 0 radical (unpaired) electrons. The number of ether oxygens (including phenoxy) is 3. The second-order valence-electron chi connectivity index (χ2n) is 5.68. The van der Waals surface area contributed by atoms with Gasteiger partial charge in [0, 0.05) is 19.1 Å². The predicted octanol–water partition coefficient (Wildman–Crippen LogP) is 2.02. The van der Waals surface area contributed by atoms with Crippen molar-refractivity contribution in [2.24, 2.45) is 5.73 Å². The summed E-state index contributed by atoms with van der Waals surface area (Å²) in [7, 11) is 4.70. The van der Waals surface area contributed by atoms with E-state index in [9.17, 15) is 4.79 Å². The van der Waals surface area contributed by atoms with Crippen molar-refractivity contribution >= 4 is 18.3 Å². The first-order valence-corrected chi connectivity index (χ1v) is 7.93. The lowest BCUT2D eigenvalue weighted by Crippen LogP contribution is -2.48. The Morgan fingerprint density at radius 3 is 2.29 bits per heavy atom. The lowest BCUT2D eigenvalue weighted by molar-refractivity contribution is -0.133. The van der Waals surface area contributed by atoms with Crippen molar-refractivity contribution in [3.8, 4) is 17.2 Å². The number of hydrogen-bond donors (Lipinski definition) is 1. The molecule has 0 saturated carbocycles. The van der Waals surface area contributed by atoms with Crippen LogP contribution in [0.4, 0.5) is 0 Å². The van der Waals surface area contributed by atoms with Gasteiger partial charge < -0.3 is 24.8 Å². The first-order valence-electron chi connectivity index (χ1n) is 7.93. The number of piperidine rings is 1. The van der Waals surface area contributed by atoms with Gasteiger partial charge in [0.2, 0.25) is 11.7 Å². The summed E-state index contributed by atoms with van der Waals surface area (Å²) in [6, 6.07) is 3.79. The fourth-order valence-corrected chi connectivity index (χ4v) is 3.09. The van der Waals surface area contributed by atoms with E-state index in [1.54, 1.807) is 21.3 Å². The molecule has 0 bridgehead atoms. The van der Waals surface area contributed by atoms with Crippen LogP contribution < -0.4 is 19.9 Å². The van der Waals surface area contributed by atoms with Crippen LogP contribution >= 0.6 is 12.4 Å². The highest BCUT2D eigenvalue weighted by molar-refractivity contribution is 5.85. The number of carbonyl (C=O) groups excluding carboxylic acids is 1. The highest BCUT2D eigenvalue weighted by Gasteiger charge is 2.26. The zero-order chi connectivity index (χ0) is 16.8. The molecule has 0 spiro atoms. The Labute approximate surface area is 149 Å². The molecule has 7 heteroatoms. The number of nitrogens with zero attached hydrogens (tertiary/aromatic N) is 1. The Bertz CT molecular complexity index is 528. The SMILES string of the molecule is COc1cc(CC(=O)N2CCCCC2CN)cc(OC)c1OC.Cl. The molecule has 2 N–H and O–H groups in total. The van der Waals surface area contributed by atoms with Crippen LogP contribution in [0.15, 0.2) is 12.1 Å². The van der Waals surface area contributed by atoms with Gasteiger partial charge in [-0.1, -0.05) is 0 Å². The summed E-state index contributed by atoms with van der Waals surface area (Å²) in [6.45, 7) is 1.30. The molecule has 1 saturated heterocycles. The number of hydrogen-bond acceptors (Lipinski definition) is 5. The van der Waals surface area contributed by atoms with Gasteiger partial charge in [-0.05, 0) is 37.0 Å². The Balaban J connectivity index is 0.00000288. The first kappa shape index (κ1) is 20.4. The molecule has 1 fully saturated rings. The van der Waals surface area contributed by atoms with Gasteiger partial charge in [0.05, 0.1) is 27.8 Å². The van der Waals surface area contributed by atoms with Gasteiger partial charge in [0.15, 0.2) is 11.5 Å². The van der Waals surface area contributed by atoms with Crippen LogP contribution in [0.3, 0.4) is 0 Å². The molecule has 2 rings (SSSR count). The summed E-state index contributed by atoms with van der Waals surface area (Å²) >= 11 is 0. The number of nitrogens with two attached hydrogens (primary N) is 1. The molecule has 136 valence electrons. The Morgan fingerprint density at radius 1 is 1.17 bits per heavy atom. The molecular formula is C17H27ClN2O4. The van der Waals surface area contributed by atoms with Crippen molar-refractivity contribution in [3.63, 3.8) is 0 Å². The van der Waals surface area contributed by atoms with Gasteiger partial charge >= 0.3 is 0 Å². The number of likely N-dealkylation sites (tertiary alicyclic amines) is 1. The van der Waals surface area contributed by atoms with Gasteiger partial charge in [0.1, 0.15) is 0 Å². The topological polar surface area (TPSA) is 74.0 Å². The lowest BCUT2D eigenvalue weighted by atomic mass is 10.0. The molecule has 24 heavy (non-hydrogen) atoms.